The monoisotopic (exact) mass is 330 g/mol. The fourth-order valence-corrected chi connectivity index (χ4v) is 3.99. The van der Waals surface area contributed by atoms with Gasteiger partial charge in [0.1, 0.15) is 5.75 Å². The van der Waals surface area contributed by atoms with Gasteiger partial charge in [-0.15, -0.1) is 11.3 Å². The Kier molecular flexibility index (Phi) is 5.31. The molecule has 1 amide bonds. The van der Waals surface area contributed by atoms with Crippen molar-refractivity contribution in [1.82, 2.24) is 10.6 Å². The quantitative estimate of drug-likeness (QED) is 0.885. The third-order valence-electron chi connectivity index (χ3n) is 4.34. The number of carbonyl (C=O) groups is 1. The van der Waals surface area contributed by atoms with E-state index >= 15 is 0 Å². The molecule has 5 heteroatoms. The van der Waals surface area contributed by atoms with Crippen LogP contribution in [0.4, 0.5) is 0 Å². The highest BCUT2D eigenvalue weighted by molar-refractivity contribution is 7.10. The van der Waals surface area contributed by atoms with Gasteiger partial charge in [0.25, 0.3) is 5.91 Å². The molecule has 1 atom stereocenters. The Morgan fingerprint density at radius 1 is 1.26 bits per heavy atom. The Morgan fingerprint density at radius 2 is 2.04 bits per heavy atom. The first-order valence-corrected chi connectivity index (χ1v) is 8.85. The summed E-state index contributed by atoms with van der Waals surface area (Å²) < 4.78 is 5.32. The van der Waals surface area contributed by atoms with Crippen LogP contribution in [0.3, 0.4) is 0 Å². The molecule has 1 aromatic heterocycles. The lowest BCUT2D eigenvalue weighted by atomic mass is 9.89. The second kappa shape index (κ2) is 7.62. The fourth-order valence-electron chi connectivity index (χ4n) is 3.12. The van der Waals surface area contributed by atoms with Crippen LogP contribution in [0.15, 0.2) is 41.8 Å². The van der Waals surface area contributed by atoms with Gasteiger partial charge >= 0.3 is 0 Å². The molecule has 1 unspecified atom stereocenters. The van der Waals surface area contributed by atoms with E-state index in [0.717, 1.165) is 25.9 Å². The second-order valence-electron chi connectivity index (χ2n) is 5.75. The van der Waals surface area contributed by atoms with Gasteiger partial charge in [-0.05, 0) is 55.4 Å². The van der Waals surface area contributed by atoms with Crippen molar-refractivity contribution in [2.45, 2.75) is 18.9 Å². The summed E-state index contributed by atoms with van der Waals surface area (Å²) in [6, 6.07) is 11.6. The molecule has 2 heterocycles. The minimum Gasteiger partial charge on any atom is -0.496 e. The van der Waals surface area contributed by atoms with Gasteiger partial charge in [-0.25, -0.2) is 0 Å². The number of amides is 1. The zero-order valence-corrected chi connectivity index (χ0v) is 14.1. The van der Waals surface area contributed by atoms with Crippen LogP contribution < -0.4 is 15.4 Å². The van der Waals surface area contributed by atoms with Gasteiger partial charge in [-0.3, -0.25) is 4.79 Å². The van der Waals surface area contributed by atoms with Crippen molar-refractivity contribution in [2.24, 2.45) is 5.92 Å². The fraction of sp³-hybridized carbons (Fsp3) is 0.389. The molecule has 0 aliphatic carbocycles. The van der Waals surface area contributed by atoms with Gasteiger partial charge in [-0.2, -0.15) is 0 Å². The summed E-state index contributed by atoms with van der Waals surface area (Å²) in [7, 11) is 1.59. The van der Waals surface area contributed by atoms with Gasteiger partial charge in [-0.1, -0.05) is 18.2 Å². The first-order chi connectivity index (χ1) is 11.3. The zero-order chi connectivity index (χ0) is 16.1. The molecule has 2 aromatic rings. The van der Waals surface area contributed by atoms with Gasteiger partial charge < -0.3 is 15.4 Å². The van der Waals surface area contributed by atoms with E-state index < -0.39 is 0 Å². The van der Waals surface area contributed by atoms with E-state index in [1.807, 2.05) is 30.3 Å². The van der Waals surface area contributed by atoms with Crippen LogP contribution in [0, 0.1) is 5.92 Å². The molecule has 0 radical (unpaired) electrons. The van der Waals surface area contributed by atoms with E-state index in [9.17, 15) is 4.79 Å². The molecule has 122 valence electrons. The lowest BCUT2D eigenvalue weighted by Gasteiger charge is -2.31. The predicted octanol–water partition coefficient (Wildman–Crippen LogP) is 3.23. The summed E-state index contributed by atoms with van der Waals surface area (Å²) in [6.07, 6.45) is 2.16. The highest BCUT2D eigenvalue weighted by Crippen LogP contribution is 2.32. The smallest absolute Gasteiger partial charge is 0.255 e. The summed E-state index contributed by atoms with van der Waals surface area (Å²) in [5.74, 6) is 1.01. The van der Waals surface area contributed by atoms with Crippen LogP contribution >= 0.6 is 11.3 Å². The van der Waals surface area contributed by atoms with Gasteiger partial charge in [0.15, 0.2) is 0 Å². The molecule has 23 heavy (non-hydrogen) atoms. The van der Waals surface area contributed by atoms with Crippen LogP contribution in [0.1, 0.15) is 34.1 Å². The summed E-state index contributed by atoms with van der Waals surface area (Å²) in [5, 5.41) is 8.70. The molecule has 1 aliphatic heterocycles. The Balaban J connectivity index is 1.81. The van der Waals surface area contributed by atoms with Crippen molar-refractivity contribution < 1.29 is 9.53 Å². The number of benzene rings is 1. The molecule has 4 nitrogen and oxygen atoms in total. The lowest BCUT2D eigenvalue weighted by molar-refractivity contribution is 0.0912. The summed E-state index contributed by atoms with van der Waals surface area (Å²) in [5.41, 5.74) is 0.588. The average Bonchev–Trinajstić information content (AvgIpc) is 3.14. The first-order valence-electron chi connectivity index (χ1n) is 7.97. The number of nitrogens with one attached hydrogen (secondary N) is 2. The van der Waals surface area contributed by atoms with E-state index in [0.29, 0.717) is 17.2 Å². The van der Waals surface area contributed by atoms with E-state index in [1.165, 1.54) is 4.88 Å². The molecule has 2 N–H and O–H groups in total. The maximum Gasteiger partial charge on any atom is 0.255 e. The molecular formula is C18H22N2O2S. The van der Waals surface area contributed by atoms with E-state index in [4.69, 9.17) is 4.74 Å². The standard InChI is InChI=1S/C18H22N2O2S/c1-22-15-6-3-2-5-14(15)18(21)20-17(16-7-4-12-23-16)13-8-10-19-11-9-13/h2-7,12-13,17,19H,8-11H2,1H3,(H,20,21). The van der Waals surface area contributed by atoms with E-state index in [-0.39, 0.29) is 11.9 Å². The van der Waals surface area contributed by atoms with Crippen LogP contribution in [0.25, 0.3) is 0 Å². The minimum absolute atomic E-state index is 0.0644. The highest BCUT2D eigenvalue weighted by Gasteiger charge is 2.28. The van der Waals surface area contributed by atoms with Crippen LogP contribution in [-0.2, 0) is 0 Å². The SMILES string of the molecule is COc1ccccc1C(=O)NC(c1cccs1)C1CCNCC1. The van der Waals surface area contributed by atoms with Crippen molar-refractivity contribution in [3.63, 3.8) is 0 Å². The molecule has 1 saturated heterocycles. The Labute approximate surface area is 140 Å². The number of hydrogen-bond acceptors (Lipinski definition) is 4. The lowest BCUT2D eigenvalue weighted by Crippen LogP contribution is -2.38. The topological polar surface area (TPSA) is 50.4 Å². The largest absolute Gasteiger partial charge is 0.496 e. The van der Waals surface area contributed by atoms with Crippen LogP contribution in [-0.4, -0.2) is 26.1 Å². The molecule has 1 aromatic carbocycles. The molecule has 1 aliphatic rings. The second-order valence-corrected chi connectivity index (χ2v) is 6.73. The van der Waals surface area contributed by atoms with E-state index in [1.54, 1.807) is 18.4 Å². The van der Waals surface area contributed by atoms with Gasteiger partial charge in [0.2, 0.25) is 0 Å². The summed E-state index contributed by atoms with van der Waals surface area (Å²) in [4.78, 5) is 14.0. The number of hydrogen-bond donors (Lipinski definition) is 2. The molecule has 3 rings (SSSR count). The highest BCUT2D eigenvalue weighted by atomic mass is 32.1. The molecular weight excluding hydrogens is 308 g/mol. The molecule has 0 bridgehead atoms. The minimum atomic E-state index is -0.0700. The number of piperidine rings is 1. The summed E-state index contributed by atoms with van der Waals surface area (Å²) in [6.45, 7) is 2.02. The third-order valence-corrected chi connectivity index (χ3v) is 5.30. The number of rotatable bonds is 5. The number of para-hydroxylation sites is 1. The van der Waals surface area contributed by atoms with Crippen molar-refractivity contribution in [3.05, 3.63) is 52.2 Å². The van der Waals surface area contributed by atoms with E-state index in [2.05, 4.69) is 22.1 Å². The third kappa shape index (κ3) is 3.74. The van der Waals surface area contributed by atoms with Gasteiger partial charge in [0.05, 0.1) is 18.7 Å². The number of thiophene rings is 1. The van der Waals surface area contributed by atoms with Crippen molar-refractivity contribution >= 4 is 17.2 Å². The van der Waals surface area contributed by atoms with Crippen molar-refractivity contribution in [3.8, 4) is 5.75 Å². The predicted molar refractivity (Wildman–Crippen MR) is 93.1 cm³/mol. The first kappa shape index (κ1) is 16.0. The maximum atomic E-state index is 12.8. The molecule has 0 saturated carbocycles. The average molecular weight is 330 g/mol. The molecule has 0 spiro atoms. The maximum absolute atomic E-state index is 12.8. The number of ether oxygens (including phenoxy) is 1. The summed E-state index contributed by atoms with van der Waals surface area (Å²) >= 11 is 1.71. The Morgan fingerprint density at radius 3 is 2.74 bits per heavy atom. The number of carbonyl (C=O) groups excluding carboxylic acids is 1. The van der Waals surface area contributed by atoms with Crippen LogP contribution in [0.2, 0.25) is 0 Å². The normalized spacial score (nSPS) is 16.7. The number of methoxy groups -OCH3 is 1. The van der Waals surface area contributed by atoms with Crippen molar-refractivity contribution in [1.29, 1.82) is 0 Å². The van der Waals surface area contributed by atoms with Crippen molar-refractivity contribution in [2.75, 3.05) is 20.2 Å². The Hall–Kier alpha value is -1.85. The van der Waals surface area contributed by atoms with Gasteiger partial charge in [0, 0.05) is 4.88 Å². The molecule has 1 fully saturated rings. The Bertz CT molecular complexity index is 636. The van der Waals surface area contributed by atoms with Crippen LogP contribution in [0.5, 0.6) is 5.75 Å². The zero-order valence-electron chi connectivity index (χ0n) is 13.2.